The van der Waals surface area contributed by atoms with Crippen LogP contribution in [0.25, 0.3) is 16.8 Å². The molecule has 11 heteroatoms. The first kappa shape index (κ1) is 24.8. The van der Waals surface area contributed by atoms with E-state index in [1.54, 1.807) is 24.5 Å². The Hall–Kier alpha value is -3.83. The van der Waals surface area contributed by atoms with Crippen LogP contribution >= 0.6 is 11.3 Å². The topological polar surface area (TPSA) is 124 Å². The fraction of sp³-hybridized carbons (Fsp3) is 0.346. The summed E-state index contributed by atoms with van der Waals surface area (Å²) in [6, 6.07) is 7.25. The monoisotopic (exact) mass is 519 g/mol. The smallest absolute Gasteiger partial charge is 0.283 e. The van der Waals surface area contributed by atoms with Crippen LogP contribution in [0, 0.1) is 0 Å². The van der Waals surface area contributed by atoms with Crippen molar-refractivity contribution in [3.63, 3.8) is 0 Å². The van der Waals surface area contributed by atoms with Crippen molar-refractivity contribution >= 4 is 39.6 Å². The Balaban J connectivity index is 1.44. The van der Waals surface area contributed by atoms with Gasteiger partial charge in [0, 0.05) is 35.7 Å². The van der Waals surface area contributed by atoms with Crippen LogP contribution in [0.1, 0.15) is 47.9 Å². The number of anilines is 2. The molecule has 0 bridgehead atoms. The van der Waals surface area contributed by atoms with E-state index in [4.69, 9.17) is 5.73 Å². The van der Waals surface area contributed by atoms with Crippen LogP contribution in [-0.4, -0.2) is 63.8 Å². The highest BCUT2D eigenvalue weighted by Crippen LogP contribution is 2.34. The number of carbonyl (C=O) groups excluding carboxylic acids is 2. The van der Waals surface area contributed by atoms with Crippen LogP contribution in [0.5, 0.6) is 0 Å². The minimum atomic E-state index is -0.219. The molecule has 4 aromatic rings. The number of carbonyl (C=O) groups is 2. The molecule has 37 heavy (non-hydrogen) atoms. The van der Waals surface area contributed by atoms with Gasteiger partial charge in [-0.15, -0.1) is 11.3 Å². The van der Waals surface area contributed by atoms with Gasteiger partial charge in [-0.2, -0.15) is 4.40 Å². The van der Waals surface area contributed by atoms with Crippen molar-refractivity contribution in [2.75, 3.05) is 38.2 Å². The Morgan fingerprint density at radius 1 is 1.24 bits per heavy atom. The second-order valence-electron chi connectivity index (χ2n) is 9.44. The SMILES string of the molecule is CN(C)CCCC(=O)N1CCC[C@H]1c1[nH]c(-c2ccc(C(=O)Nc3nccs3)cc2)c2c(N)ncc[n+]12. The molecule has 192 valence electrons. The van der Waals surface area contributed by atoms with Crippen molar-refractivity contribution in [3.05, 3.63) is 59.6 Å². The summed E-state index contributed by atoms with van der Waals surface area (Å²) >= 11 is 1.37. The van der Waals surface area contributed by atoms with Crippen molar-refractivity contribution in [1.29, 1.82) is 0 Å². The zero-order chi connectivity index (χ0) is 25.9. The fourth-order valence-corrected chi connectivity index (χ4v) is 5.40. The standard InChI is InChI=1S/C26H30N8O2S/c1-32(2)13-4-6-20(35)33-14-3-5-19(33)24-30-21(22-23(27)28-11-15-34(22)24)17-7-9-18(10-8-17)25(36)31-26-29-12-16-37-26/h7-12,15-16,19H,3-6,13-14H2,1-2H3,(H3,27,28,29,31,36)/p+1/t19-/m0/s1. The third-order valence-electron chi connectivity index (χ3n) is 6.64. The summed E-state index contributed by atoms with van der Waals surface area (Å²) < 4.78 is 2.01. The number of fused-ring (bicyclic) bond motifs is 1. The summed E-state index contributed by atoms with van der Waals surface area (Å²) in [4.78, 5) is 41.8. The number of hydrogen-bond acceptors (Lipinski definition) is 7. The number of aromatic amines is 1. The molecule has 4 N–H and O–H groups in total. The molecule has 0 spiro atoms. The molecular formula is C26H31N8O2S+. The Labute approximate surface area is 219 Å². The molecule has 0 unspecified atom stereocenters. The Morgan fingerprint density at radius 2 is 2.05 bits per heavy atom. The maximum atomic E-state index is 13.1. The molecule has 1 aliphatic heterocycles. The maximum Gasteiger partial charge on any atom is 0.283 e. The first-order chi connectivity index (χ1) is 17.9. The Bertz CT molecular complexity index is 1400. The van der Waals surface area contributed by atoms with E-state index < -0.39 is 0 Å². The van der Waals surface area contributed by atoms with E-state index in [9.17, 15) is 9.59 Å². The minimum Gasteiger partial charge on any atom is -0.380 e. The number of nitrogens with one attached hydrogen (secondary N) is 2. The van der Waals surface area contributed by atoms with Crippen LogP contribution in [0.2, 0.25) is 0 Å². The Kier molecular flexibility index (Phi) is 7.15. The summed E-state index contributed by atoms with van der Waals surface area (Å²) in [6.07, 6.45) is 8.38. The largest absolute Gasteiger partial charge is 0.380 e. The van der Waals surface area contributed by atoms with Crippen LogP contribution in [-0.2, 0) is 4.79 Å². The van der Waals surface area contributed by atoms with Crippen molar-refractivity contribution in [1.82, 2.24) is 24.8 Å². The van der Waals surface area contributed by atoms with E-state index >= 15 is 0 Å². The lowest BCUT2D eigenvalue weighted by molar-refractivity contribution is -0.524. The molecule has 1 saturated heterocycles. The van der Waals surface area contributed by atoms with E-state index in [2.05, 4.69) is 25.2 Å². The first-order valence-corrected chi connectivity index (χ1v) is 13.2. The highest BCUT2D eigenvalue weighted by atomic mass is 32.1. The van der Waals surface area contributed by atoms with Crippen molar-refractivity contribution in [2.24, 2.45) is 0 Å². The summed E-state index contributed by atoms with van der Waals surface area (Å²) in [5.74, 6) is 1.26. The summed E-state index contributed by atoms with van der Waals surface area (Å²) in [5, 5.41) is 5.17. The number of rotatable bonds is 8. The second-order valence-corrected chi connectivity index (χ2v) is 10.3. The molecule has 0 aliphatic carbocycles. The Morgan fingerprint density at radius 3 is 2.78 bits per heavy atom. The number of H-pyrrole nitrogens is 1. The van der Waals surface area contributed by atoms with Crippen molar-refractivity contribution in [2.45, 2.75) is 31.7 Å². The van der Waals surface area contributed by atoms with Gasteiger partial charge < -0.3 is 15.5 Å². The maximum absolute atomic E-state index is 13.1. The average Bonchev–Trinajstić information content (AvgIpc) is 3.64. The molecule has 0 saturated carbocycles. The van der Waals surface area contributed by atoms with Gasteiger partial charge >= 0.3 is 0 Å². The molecule has 1 atom stereocenters. The van der Waals surface area contributed by atoms with Gasteiger partial charge in [0.05, 0.1) is 6.20 Å². The molecule has 0 radical (unpaired) electrons. The number of imidazole rings is 1. The van der Waals surface area contributed by atoms with E-state index in [1.807, 2.05) is 47.1 Å². The average molecular weight is 520 g/mol. The number of hydrogen-bond donors (Lipinski definition) is 3. The molecular weight excluding hydrogens is 488 g/mol. The van der Waals surface area contributed by atoms with E-state index in [1.165, 1.54) is 11.3 Å². The zero-order valence-electron chi connectivity index (χ0n) is 21.0. The predicted octanol–water partition coefficient (Wildman–Crippen LogP) is 3.11. The molecule has 3 aromatic heterocycles. The first-order valence-electron chi connectivity index (χ1n) is 12.4. The van der Waals surface area contributed by atoms with Gasteiger partial charge in [-0.05, 0) is 64.2 Å². The molecule has 10 nitrogen and oxygen atoms in total. The number of likely N-dealkylation sites (tertiary alicyclic amines) is 1. The van der Waals surface area contributed by atoms with Gasteiger partial charge in [0.25, 0.3) is 11.7 Å². The fourth-order valence-electron chi connectivity index (χ4n) is 4.87. The van der Waals surface area contributed by atoms with Crippen LogP contribution in [0.15, 0.2) is 48.2 Å². The molecule has 5 rings (SSSR count). The number of benzene rings is 1. The normalized spacial score (nSPS) is 15.5. The van der Waals surface area contributed by atoms with Gasteiger partial charge in [-0.1, -0.05) is 0 Å². The molecule has 1 fully saturated rings. The minimum absolute atomic E-state index is 0.0711. The van der Waals surface area contributed by atoms with Gasteiger partial charge in [0.2, 0.25) is 11.4 Å². The van der Waals surface area contributed by atoms with E-state index in [0.29, 0.717) is 22.9 Å². The van der Waals surface area contributed by atoms with Crippen LogP contribution < -0.4 is 15.5 Å². The van der Waals surface area contributed by atoms with Gasteiger partial charge in [-0.25, -0.2) is 15.0 Å². The number of thiazole rings is 1. The third kappa shape index (κ3) is 5.18. The lowest BCUT2D eigenvalue weighted by Crippen LogP contribution is -2.37. The van der Waals surface area contributed by atoms with Gasteiger partial charge in [0.15, 0.2) is 16.6 Å². The number of amides is 2. The lowest BCUT2D eigenvalue weighted by atomic mass is 10.1. The van der Waals surface area contributed by atoms with E-state index in [0.717, 1.165) is 55.0 Å². The quantitative estimate of drug-likeness (QED) is 0.307. The number of aromatic nitrogens is 4. The molecule has 1 aliphatic rings. The third-order valence-corrected chi connectivity index (χ3v) is 7.32. The predicted molar refractivity (Wildman–Crippen MR) is 143 cm³/mol. The number of nitrogen functional groups attached to an aromatic ring is 1. The summed E-state index contributed by atoms with van der Waals surface area (Å²) in [6.45, 7) is 1.62. The van der Waals surface area contributed by atoms with Gasteiger partial charge in [-0.3, -0.25) is 14.9 Å². The molecule has 2 amide bonds. The lowest BCUT2D eigenvalue weighted by Gasteiger charge is -2.22. The molecule has 1 aromatic carbocycles. The highest BCUT2D eigenvalue weighted by Gasteiger charge is 2.38. The van der Waals surface area contributed by atoms with Crippen LogP contribution in [0.3, 0.4) is 0 Å². The van der Waals surface area contributed by atoms with E-state index in [-0.39, 0.29) is 17.9 Å². The van der Waals surface area contributed by atoms with Crippen molar-refractivity contribution in [3.8, 4) is 11.3 Å². The number of nitrogens with two attached hydrogens (primary N) is 1. The number of nitrogens with zero attached hydrogens (tertiary/aromatic N) is 5. The highest BCUT2D eigenvalue weighted by molar-refractivity contribution is 7.13. The molecule has 4 heterocycles. The second kappa shape index (κ2) is 10.7. The summed E-state index contributed by atoms with van der Waals surface area (Å²) in [5.41, 5.74) is 9.30. The zero-order valence-corrected chi connectivity index (χ0v) is 21.8. The summed E-state index contributed by atoms with van der Waals surface area (Å²) in [7, 11) is 4.04. The van der Waals surface area contributed by atoms with Crippen LogP contribution in [0.4, 0.5) is 10.9 Å². The van der Waals surface area contributed by atoms with Crippen molar-refractivity contribution < 1.29 is 14.0 Å². The van der Waals surface area contributed by atoms with Gasteiger partial charge in [0.1, 0.15) is 12.2 Å².